The molecule has 158 valence electrons. The van der Waals surface area contributed by atoms with Gasteiger partial charge in [0.05, 0.1) is 16.7 Å². The number of thioether (sulfide) groups is 1. The van der Waals surface area contributed by atoms with Gasteiger partial charge in [0.25, 0.3) is 5.56 Å². The molecule has 0 spiro atoms. The number of aromatic nitrogens is 2. The summed E-state index contributed by atoms with van der Waals surface area (Å²) < 4.78 is 1.68. The Kier molecular flexibility index (Phi) is 7.28. The van der Waals surface area contributed by atoms with E-state index in [0.717, 1.165) is 12.8 Å². The minimum absolute atomic E-state index is 0.00233. The maximum absolute atomic E-state index is 13.0. The van der Waals surface area contributed by atoms with E-state index >= 15 is 0 Å². The Hall–Kier alpha value is -1.53. The highest BCUT2D eigenvalue weighted by Crippen LogP contribution is 2.29. The molecule has 2 aromatic rings. The highest BCUT2D eigenvalue weighted by Gasteiger charge is 2.28. The number of amides is 1. The van der Waals surface area contributed by atoms with Gasteiger partial charge in [0.15, 0.2) is 5.16 Å². The van der Waals surface area contributed by atoms with Crippen molar-refractivity contribution in [2.24, 2.45) is 17.8 Å². The van der Waals surface area contributed by atoms with Gasteiger partial charge < -0.3 is 5.32 Å². The van der Waals surface area contributed by atoms with Crippen LogP contribution in [0.5, 0.6) is 0 Å². The van der Waals surface area contributed by atoms with E-state index in [1.165, 1.54) is 18.2 Å². The van der Waals surface area contributed by atoms with Crippen LogP contribution < -0.4 is 10.9 Å². The molecule has 0 aliphatic heterocycles. The van der Waals surface area contributed by atoms with Crippen LogP contribution in [0.2, 0.25) is 5.02 Å². The molecule has 1 fully saturated rings. The summed E-state index contributed by atoms with van der Waals surface area (Å²) >= 11 is 7.41. The molecular formula is C22H30ClN3O2S. The van der Waals surface area contributed by atoms with Crippen molar-refractivity contribution in [3.05, 3.63) is 33.6 Å². The predicted octanol–water partition coefficient (Wildman–Crippen LogP) is 4.74. The quantitative estimate of drug-likeness (QED) is 0.525. The minimum Gasteiger partial charge on any atom is -0.352 e. The Morgan fingerprint density at radius 1 is 1.34 bits per heavy atom. The number of nitrogens with zero attached hydrogens (tertiary/aromatic N) is 2. The van der Waals surface area contributed by atoms with Crippen LogP contribution in [0, 0.1) is 17.8 Å². The summed E-state index contributed by atoms with van der Waals surface area (Å²) in [5.41, 5.74) is 0.484. The van der Waals surface area contributed by atoms with Crippen molar-refractivity contribution in [2.75, 3.05) is 5.75 Å². The second kappa shape index (κ2) is 9.52. The lowest BCUT2D eigenvalue weighted by molar-refractivity contribution is -0.120. The Balaban J connectivity index is 1.79. The van der Waals surface area contributed by atoms with Crippen LogP contribution in [0.1, 0.15) is 47.0 Å². The second-order valence-corrected chi connectivity index (χ2v) is 9.97. The van der Waals surface area contributed by atoms with Crippen molar-refractivity contribution < 1.29 is 4.79 Å². The van der Waals surface area contributed by atoms with E-state index in [2.05, 4.69) is 38.0 Å². The topological polar surface area (TPSA) is 64.0 Å². The summed E-state index contributed by atoms with van der Waals surface area (Å²) in [6.45, 7) is 9.16. The predicted molar refractivity (Wildman–Crippen MR) is 121 cm³/mol. The third-order valence-electron chi connectivity index (χ3n) is 5.82. The monoisotopic (exact) mass is 435 g/mol. The van der Waals surface area contributed by atoms with Gasteiger partial charge >= 0.3 is 0 Å². The van der Waals surface area contributed by atoms with Crippen LogP contribution >= 0.6 is 23.4 Å². The van der Waals surface area contributed by atoms with Gasteiger partial charge in [0.2, 0.25) is 5.91 Å². The first-order valence-corrected chi connectivity index (χ1v) is 11.7. The zero-order valence-electron chi connectivity index (χ0n) is 17.6. The van der Waals surface area contributed by atoms with Gasteiger partial charge in [0.1, 0.15) is 0 Å². The number of fused-ring (bicyclic) bond motifs is 1. The summed E-state index contributed by atoms with van der Waals surface area (Å²) in [4.78, 5) is 30.3. The molecule has 1 amide bonds. The van der Waals surface area contributed by atoms with E-state index in [0.29, 0.717) is 39.5 Å². The van der Waals surface area contributed by atoms with Gasteiger partial charge in [-0.2, -0.15) is 0 Å². The summed E-state index contributed by atoms with van der Waals surface area (Å²) in [6.07, 6.45) is 3.42. The molecule has 1 aromatic carbocycles. The van der Waals surface area contributed by atoms with Gasteiger partial charge in [-0.15, -0.1) is 0 Å². The second-order valence-electron chi connectivity index (χ2n) is 8.60. The number of hydrogen-bond donors (Lipinski definition) is 1. The van der Waals surface area contributed by atoms with Gasteiger partial charge in [-0.1, -0.05) is 63.9 Å². The molecule has 7 heteroatoms. The molecule has 0 radical (unpaired) electrons. The molecular weight excluding hydrogens is 406 g/mol. The Bertz CT molecular complexity index is 944. The highest BCUT2D eigenvalue weighted by molar-refractivity contribution is 7.99. The van der Waals surface area contributed by atoms with Crippen LogP contribution in [0.15, 0.2) is 28.2 Å². The molecule has 1 aromatic heterocycles. The lowest BCUT2D eigenvalue weighted by Crippen LogP contribution is -2.44. The highest BCUT2D eigenvalue weighted by atomic mass is 35.5. The van der Waals surface area contributed by atoms with Crippen molar-refractivity contribution in [2.45, 2.75) is 64.7 Å². The molecule has 1 heterocycles. The van der Waals surface area contributed by atoms with Gasteiger partial charge in [-0.05, 0) is 42.4 Å². The van der Waals surface area contributed by atoms with Crippen LogP contribution in [-0.2, 0) is 11.3 Å². The molecule has 0 saturated heterocycles. The van der Waals surface area contributed by atoms with Crippen LogP contribution in [0.4, 0.5) is 0 Å². The number of carbonyl (C=O) groups excluding carboxylic acids is 1. The molecule has 0 bridgehead atoms. The van der Waals surface area contributed by atoms with E-state index in [4.69, 9.17) is 11.6 Å². The van der Waals surface area contributed by atoms with Gasteiger partial charge in [0, 0.05) is 17.6 Å². The van der Waals surface area contributed by atoms with Crippen LogP contribution in [-0.4, -0.2) is 27.3 Å². The smallest absolute Gasteiger partial charge is 0.262 e. The zero-order valence-corrected chi connectivity index (χ0v) is 19.1. The fourth-order valence-electron chi connectivity index (χ4n) is 3.97. The maximum Gasteiger partial charge on any atom is 0.262 e. The number of rotatable bonds is 6. The molecule has 3 rings (SSSR count). The van der Waals surface area contributed by atoms with Gasteiger partial charge in [-0.3, -0.25) is 14.2 Å². The minimum atomic E-state index is -0.0852. The standard InChI is InChI=1S/C22H30ClN3O2S/c1-13(2)11-26-21(28)17-9-8-16(23)10-19(17)25-22(26)29-12-20(27)24-18-7-5-6-14(3)15(18)4/h8-10,13-15,18H,5-7,11-12H2,1-4H3,(H,24,27). The molecule has 5 nitrogen and oxygen atoms in total. The van der Waals surface area contributed by atoms with Crippen molar-refractivity contribution in [3.8, 4) is 0 Å². The summed E-state index contributed by atoms with van der Waals surface area (Å²) in [7, 11) is 0. The van der Waals surface area contributed by atoms with Crippen LogP contribution in [0.3, 0.4) is 0 Å². The fraction of sp³-hybridized carbons (Fsp3) is 0.591. The maximum atomic E-state index is 13.0. The number of carbonyl (C=O) groups is 1. The molecule has 1 N–H and O–H groups in total. The van der Waals surface area contributed by atoms with E-state index in [9.17, 15) is 9.59 Å². The first kappa shape index (κ1) is 22.2. The largest absolute Gasteiger partial charge is 0.352 e. The molecule has 1 aliphatic rings. The van der Waals surface area contributed by atoms with E-state index in [1.54, 1.807) is 22.8 Å². The Labute approximate surface area is 181 Å². The van der Waals surface area contributed by atoms with E-state index in [-0.39, 0.29) is 29.2 Å². The molecule has 3 unspecified atom stereocenters. The Morgan fingerprint density at radius 2 is 2.10 bits per heavy atom. The van der Waals surface area contributed by atoms with Crippen molar-refractivity contribution in [1.29, 1.82) is 0 Å². The number of nitrogens with one attached hydrogen (secondary N) is 1. The van der Waals surface area contributed by atoms with Crippen molar-refractivity contribution in [1.82, 2.24) is 14.9 Å². The first-order valence-electron chi connectivity index (χ1n) is 10.4. The zero-order chi connectivity index (χ0) is 21.1. The summed E-state index contributed by atoms with van der Waals surface area (Å²) in [5, 5.41) is 4.85. The molecule has 1 aliphatic carbocycles. The lowest BCUT2D eigenvalue weighted by Gasteiger charge is -2.34. The molecule has 29 heavy (non-hydrogen) atoms. The third kappa shape index (κ3) is 5.34. The number of hydrogen-bond acceptors (Lipinski definition) is 4. The number of benzene rings is 1. The normalized spacial score (nSPS) is 22.2. The first-order chi connectivity index (χ1) is 13.8. The lowest BCUT2D eigenvalue weighted by atomic mass is 9.78. The average Bonchev–Trinajstić information content (AvgIpc) is 2.66. The van der Waals surface area contributed by atoms with E-state index in [1.807, 2.05) is 0 Å². The molecule has 1 saturated carbocycles. The average molecular weight is 436 g/mol. The summed E-state index contributed by atoms with van der Waals surface area (Å²) in [5.74, 6) is 1.64. The van der Waals surface area contributed by atoms with Gasteiger partial charge in [-0.25, -0.2) is 4.98 Å². The van der Waals surface area contributed by atoms with E-state index < -0.39 is 0 Å². The Morgan fingerprint density at radius 3 is 2.83 bits per heavy atom. The fourth-order valence-corrected chi connectivity index (χ4v) is 4.96. The summed E-state index contributed by atoms with van der Waals surface area (Å²) in [6, 6.07) is 5.36. The van der Waals surface area contributed by atoms with Crippen LogP contribution in [0.25, 0.3) is 10.9 Å². The molecule has 3 atom stereocenters. The van der Waals surface area contributed by atoms with Crippen molar-refractivity contribution in [3.63, 3.8) is 0 Å². The van der Waals surface area contributed by atoms with Crippen molar-refractivity contribution >= 4 is 40.2 Å². The number of halogens is 1. The SMILES string of the molecule is CC(C)Cn1c(SCC(=O)NC2CCCC(C)C2C)nc2cc(Cl)ccc2c1=O. The third-order valence-corrected chi connectivity index (χ3v) is 7.03.